The number of aromatic nitrogens is 1. The van der Waals surface area contributed by atoms with Gasteiger partial charge in [-0.15, -0.1) is 0 Å². The van der Waals surface area contributed by atoms with Gasteiger partial charge in [0.1, 0.15) is 0 Å². The van der Waals surface area contributed by atoms with Crippen molar-refractivity contribution in [3.63, 3.8) is 0 Å². The van der Waals surface area contributed by atoms with E-state index in [0.717, 1.165) is 0 Å². The Kier molecular flexibility index (Phi) is 10.2. The minimum atomic E-state index is 0. The topological polar surface area (TPSA) is 12.9 Å². The predicted molar refractivity (Wildman–Crippen MR) is 34.2 cm³/mol. The fourth-order valence-corrected chi connectivity index (χ4v) is 0.277. The van der Waals surface area contributed by atoms with Gasteiger partial charge < -0.3 is 4.98 Å². The van der Waals surface area contributed by atoms with Gasteiger partial charge >= 0.3 is 22.4 Å². The van der Waals surface area contributed by atoms with Gasteiger partial charge in [-0.3, -0.25) is 0 Å². The van der Waals surface area contributed by atoms with Gasteiger partial charge in [0.25, 0.3) is 0 Å². The Morgan fingerprint density at radius 3 is 1.75 bits per heavy atom. The standard InChI is InChI=1S/C5H4N.Au.H3P/c1-2-4-6-5-3-1;;/h2-5H;;1H3/q-1;+1;. The third-order valence-corrected chi connectivity index (χ3v) is 0.514. The molecule has 0 fully saturated rings. The molecule has 0 aliphatic rings. The van der Waals surface area contributed by atoms with Gasteiger partial charge in [0.15, 0.2) is 0 Å². The zero-order valence-electron chi connectivity index (χ0n) is 4.27. The molecular formula is C5H7AuNP. The van der Waals surface area contributed by atoms with Gasteiger partial charge in [-0.25, -0.2) is 0 Å². The van der Waals surface area contributed by atoms with E-state index in [4.69, 9.17) is 0 Å². The van der Waals surface area contributed by atoms with Crippen LogP contribution in [0, 0.1) is 6.07 Å². The number of hydrogen-bond acceptors (Lipinski definition) is 1. The van der Waals surface area contributed by atoms with Crippen molar-refractivity contribution in [3.05, 3.63) is 30.6 Å². The summed E-state index contributed by atoms with van der Waals surface area (Å²) >= 11 is 0. The molecule has 0 saturated carbocycles. The van der Waals surface area contributed by atoms with Crippen molar-refractivity contribution in [1.29, 1.82) is 0 Å². The Labute approximate surface area is 68.0 Å². The van der Waals surface area contributed by atoms with Crippen molar-refractivity contribution >= 4 is 9.90 Å². The molecule has 1 unspecified atom stereocenters. The van der Waals surface area contributed by atoms with E-state index in [2.05, 4.69) is 11.1 Å². The molecular weight excluding hydrogens is 302 g/mol. The normalized spacial score (nSPS) is 6.00. The molecule has 0 saturated heterocycles. The van der Waals surface area contributed by atoms with Gasteiger partial charge in [0, 0.05) is 0 Å². The van der Waals surface area contributed by atoms with Crippen LogP contribution in [-0.2, 0) is 22.4 Å². The quantitative estimate of drug-likeness (QED) is 0.395. The zero-order valence-corrected chi connectivity index (χ0v) is 7.85. The van der Waals surface area contributed by atoms with Crippen LogP contribution in [0.2, 0.25) is 0 Å². The molecule has 0 aliphatic carbocycles. The summed E-state index contributed by atoms with van der Waals surface area (Å²) in [5.41, 5.74) is 0. The third-order valence-electron chi connectivity index (χ3n) is 0.514. The van der Waals surface area contributed by atoms with E-state index in [0.29, 0.717) is 0 Å². The zero-order chi connectivity index (χ0) is 4.24. The maximum Gasteiger partial charge on any atom is 1.00 e. The molecule has 1 nitrogen and oxygen atoms in total. The first-order valence-electron chi connectivity index (χ1n) is 1.76. The van der Waals surface area contributed by atoms with Crippen LogP contribution < -0.4 is 0 Å². The second-order valence-electron chi connectivity index (χ2n) is 0.947. The van der Waals surface area contributed by atoms with Gasteiger partial charge in [-0.1, -0.05) is 12.4 Å². The van der Waals surface area contributed by atoms with Crippen LogP contribution in [0.4, 0.5) is 0 Å². The Hall–Kier alpha value is 0.320. The van der Waals surface area contributed by atoms with E-state index in [1.165, 1.54) is 0 Å². The van der Waals surface area contributed by atoms with Crippen LogP contribution >= 0.6 is 9.90 Å². The summed E-state index contributed by atoms with van der Waals surface area (Å²) in [6.45, 7) is 0. The average molecular weight is 309 g/mol. The summed E-state index contributed by atoms with van der Waals surface area (Å²) in [6, 6.07) is 6.36. The number of rotatable bonds is 0. The largest absolute Gasteiger partial charge is 1.00 e. The summed E-state index contributed by atoms with van der Waals surface area (Å²) in [5.74, 6) is 0. The first-order chi connectivity index (χ1) is 3.00. The average Bonchev–Trinajstić information content (AvgIpc) is 1.72. The molecule has 0 bridgehead atoms. The fourth-order valence-electron chi connectivity index (χ4n) is 0.277. The minimum Gasteiger partial charge on any atom is -0.391 e. The van der Waals surface area contributed by atoms with E-state index in [1.807, 2.05) is 0 Å². The molecule has 0 aliphatic heterocycles. The van der Waals surface area contributed by atoms with E-state index >= 15 is 0 Å². The molecule has 0 aromatic carbocycles. The first kappa shape index (κ1) is 11.2. The van der Waals surface area contributed by atoms with Gasteiger partial charge in [0.05, 0.1) is 0 Å². The van der Waals surface area contributed by atoms with E-state index in [-0.39, 0.29) is 32.3 Å². The molecule has 0 spiro atoms. The molecule has 0 radical (unpaired) electrons. The summed E-state index contributed by atoms with van der Waals surface area (Å²) in [7, 11) is 0. The van der Waals surface area contributed by atoms with E-state index in [1.54, 1.807) is 24.5 Å². The van der Waals surface area contributed by atoms with Crippen LogP contribution in [-0.4, -0.2) is 4.98 Å². The smallest absolute Gasteiger partial charge is 0.391 e. The monoisotopic (exact) mass is 309 g/mol. The van der Waals surface area contributed by atoms with Crippen molar-refractivity contribution in [2.45, 2.75) is 0 Å². The van der Waals surface area contributed by atoms with Crippen molar-refractivity contribution in [1.82, 2.24) is 4.98 Å². The molecule has 1 heterocycles. The number of nitrogens with zero attached hydrogens (tertiary/aromatic N) is 1. The maximum atomic E-state index is 3.75. The number of hydrogen-bond donors (Lipinski definition) is 0. The van der Waals surface area contributed by atoms with Crippen LogP contribution in [0.1, 0.15) is 0 Å². The van der Waals surface area contributed by atoms with Gasteiger partial charge in [0.2, 0.25) is 0 Å². The van der Waals surface area contributed by atoms with Crippen molar-refractivity contribution in [2.24, 2.45) is 0 Å². The molecule has 1 aromatic heterocycles. The summed E-state index contributed by atoms with van der Waals surface area (Å²) < 4.78 is 0. The molecule has 0 N–H and O–H groups in total. The maximum absolute atomic E-state index is 3.75. The first-order valence-corrected chi connectivity index (χ1v) is 1.76. The molecule has 1 aromatic rings. The fraction of sp³-hybridized carbons (Fsp3) is 0. The summed E-state index contributed by atoms with van der Waals surface area (Å²) in [4.78, 5) is 3.75. The SMILES string of the molecule is P.[Au+].[c-]1ccncc1. The Balaban J connectivity index is 0. The van der Waals surface area contributed by atoms with E-state index in [9.17, 15) is 0 Å². The van der Waals surface area contributed by atoms with Crippen LogP contribution in [0.3, 0.4) is 0 Å². The Bertz CT molecular complexity index is 84.4. The predicted octanol–water partition coefficient (Wildman–Crippen LogP) is 0.937. The molecule has 0 amide bonds. The van der Waals surface area contributed by atoms with Crippen LogP contribution in [0.15, 0.2) is 24.5 Å². The molecule has 48 valence electrons. The second kappa shape index (κ2) is 7.32. The van der Waals surface area contributed by atoms with Crippen molar-refractivity contribution < 1.29 is 22.4 Å². The molecule has 1 rings (SSSR count). The Morgan fingerprint density at radius 2 is 1.62 bits per heavy atom. The van der Waals surface area contributed by atoms with E-state index < -0.39 is 0 Å². The minimum absolute atomic E-state index is 0. The molecule has 3 heteroatoms. The van der Waals surface area contributed by atoms with Crippen molar-refractivity contribution in [3.8, 4) is 0 Å². The van der Waals surface area contributed by atoms with Crippen LogP contribution in [0.5, 0.6) is 0 Å². The van der Waals surface area contributed by atoms with Crippen LogP contribution in [0.25, 0.3) is 0 Å². The molecule has 1 atom stereocenters. The molecule has 8 heavy (non-hydrogen) atoms. The Morgan fingerprint density at radius 1 is 1.12 bits per heavy atom. The third kappa shape index (κ3) is 4.48. The number of pyridine rings is 1. The summed E-state index contributed by atoms with van der Waals surface area (Å²) in [6.07, 6.45) is 3.39. The van der Waals surface area contributed by atoms with Gasteiger partial charge in [-0.2, -0.15) is 28.1 Å². The summed E-state index contributed by atoms with van der Waals surface area (Å²) in [5, 5.41) is 0. The second-order valence-corrected chi connectivity index (χ2v) is 0.947. The van der Waals surface area contributed by atoms with Gasteiger partial charge in [-0.05, 0) is 0 Å². The van der Waals surface area contributed by atoms with Crippen molar-refractivity contribution in [2.75, 3.05) is 0 Å².